The molecular weight excluding hydrogens is 279 g/mol. The van der Waals surface area contributed by atoms with Gasteiger partial charge in [-0.3, -0.25) is 4.90 Å². The summed E-state index contributed by atoms with van der Waals surface area (Å²) in [7, 11) is 0. The molecule has 1 fully saturated rings. The number of nitrogens with zero attached hydrogens (tertiary/aromatic N) is 4. The topological polar surface area (TPSA) is 52.8 Å². The van der Waals surface area contributed by atoms with Crippen molar-refractivity contribution in [3.8, 4) is 6.07 Å². The number of rotatable bonds is 3. The van der Waals surface area contributed by atoms with E-state index in [9.17, 15) is 4.39 Å². The summed E-state index contributed by atoms with van der Waals surface area (Å²) in [4.78, 5) is 10.5. The standard InChI is InChI=1S/C17H17FN4/c18-16-8-13(9-19)3-4-14(16)10-22-7-1-2-15(11-22)17-5-6-20-12-21-17/h3-6,8,12,15H,1-2,7,10-11H2/t15-/m0/s1. The predicted octanol–water partition coefficient (Wildman–Crippen LogP) is 2.87. The summed E-state index contributed by atoms with van der Waals surface area (Å²) in [6.45, 7) is 2.40. The molecule has 1 aliphatic rings. The van der Waals surface area contributed by atoms with Gasteiger partial charge in [0.05, 0.1) is 11.6 Å². The number of hydrogen-bond acceptors (Lipinski definition) is 4. The van der Waals surface area contributed by atoms with Crippen molar-refractivity contribution in [1.29, 1.82) is 5.26 Å². The Balaban J connectivity index is 1.69. The second kappa shape index (κ2) is 6.63. The van der Waals surface area contributed by atoms with Crippen LogP contribution in [0.5, 0.6) is 0 Å². The maximum absolute atomic E-state index is 14.0. The van der Waals surface area contributed by atoms with Crippen molar-refractivity contribution >= 4 is 0 Å². The largest absolute Gasteiger partial charge is 0.298 e. The van der Waals surface area contributed by atoms with E-state index in [0.29, 0.717) is 23.6 Å². The van der Waals surface area contributed by atoms with Crippen LogP contribution in [-0.2, 0) is 6.54 Å². The second-order valence-corrected chi connectivity index (χ2v) is 5.63. The zero-order valence-corrected chi connectivity index (χ0v) is 12.2. The number of hydrogen-bond donors (Lipinski definition) is 0. The van der Waals surface area contributed by atoms with Crippen LogP contribution >= 0.6 is 0 Å². The highest BCUT2D eigenvalue weighted by Crippen LogP contribution is 2.26. The molecule has 0 saturated carbocycles. The van der Waals surface area contributed by atoms with E-state index in [4.69, 9.17) is 5.26 Å². The molecule has 0 N–H and O–H groups in total. The summed E-state index contributed by atoms with van der Waals surface area (Å²) in [5.41, 5.74) is 2.06. The minimum atomic E-state index is -0.303. The van der Waals surface area contributed by atoms with Gasteiger partial charge in [-0.05, 0) is 37.6 Å². The Morgan fingerprint density at radius 3 is 3.00 bits per heavy atom. The normalized spacial score (nSPS) is 18.8. The van der Waals surface area contributed by atoms with Gasteiger partial charge in [0.15, 0.2) is 0 Å². The summed E-state index contributed by atoms with van der Waals surface area (Å²) in [5.74, 6) is 0.0707. The van der Waals surface area contributed by atoms with Crippen LogP contribution in [0.2, 0.25) is 0 Å². The number of benzene rings is 1. The first-order valence-corrected chi connectivity index (χ1v) is 7.43. The molecule has 0 unspecified atom stereocenters. The van der Waals surface area contributed by atoms with E-state index in [0.717, 1.165) is 31.6 Å². The van der Waals surface area contributed by atoms with Gasteiger partial charge < -0.3 is 0 Å². The lowest BCUT2D eigenvalue weighted by Crippen LogP contribution is -2.34. The van der Waals surface area contributed by atoms with Crippen LogP contribution in [-0.4, -0.2) is 28.0 Å². The predicted molar refractivity (Wildman–Crippen MR) is 80.4 cm³/mol. The number of halogens is 1. The van der Waals surface area contributed by atoms with Crippen molar-refractivity contribution in [1.82, 2.24) is 14.9 Å². The Hall–Kier alpha value is -2.32. The van der Waals surface area contributed by atoms with Crippen molar-refractivity contribution in [3.05, 3.63) is 59.4 Å². The van der Waals surface area contributed by atoms with Crippen molar-refractivity contribution in [2.45, 2.75) is 25.3 Å². The minimum Gasteiger partial charge on any atom is -0.298 e. The van der Waals surface area contributed by atoms with E-state index in [2.05, 4.69) is 14.9 Å². The quantitative estimate of drug-likeness (QED) is 0.874. The molecule has 22 heavy (non-hydrogen) atoms. The third-order valence-electron chi connectivity index (χ3n) is 4.10. The summed E-state index contributed by atoms with van der Waals surface area (Å²) in [6.07, 6.45) is 5.52. The van der Waals surface area contributed by atoms with Crippen LogP contribution in [0.25, 0.3) is 0 Å². The van der Waals surface area contributed by atoms with E-state index >= 15 is 0 Å². The molecule has 112 valence electrons. The lowest BCUT2D eigenvalue weighted by atomic mass is 9.94. The average Bonchev–Trinajstić information content (AvgIpc) is 2.58. The maximum Gasteiger partial charge on any atom is 0.129 e. The van der Waals surface area contributed by atoms with Gasteiger partial charge in [0.2, 0.25) is 0 Å². The van der Waals surface area contributed by atoms with Gasteiger partial charge in [0, 0.05) is 36.5 Å². The van der Waals surface area contributed by atoms with E-state index in [1.807, 2.05) is 12.1 Å². The van der Waals surface area contributed by atoms with Crippen LogP contribution < -0.4 is 0 Å². The lowest BCUT2D eigenvalue weighted by Gasteiger charge is -2.32. The van der Waals surface area contributed by atoms with Gasteiger partial charge in [-0.25, -0.2) is 14.4 Å². The highest BCUT2D eigenvalue weighted by molar-refractivity contribution is 5.32. The molecule has 2 aromatic rings. The van der Waals surface area contributed by atoms with Gasteiger partial charge in [-0.1, -0.05) is 6.07 Å². The lowest BCUT2D eigenvalue weighted by molar-refractivity contribution is 0.196. The summed E-state index contributed by atoms with van der Waals surface area (Å²) in [5, 5.41) is 8.80. The van der Waals surface area contributed by atoms with Gasteiger partial charge >= 0.3 is 0 Å². The van der Waals surface area contributed by atoms with E-state index < -0.39 is 0 Å². The van der Waals surface area contributed by atoms with Crippen molar-refractivity contribution in [2.24, 2.45) is 0 Å². The summed E-state index contributed by atoms with van der Waals surface area (Å²) >= 11 is 0. The summed E-state index contributed by atoms with van der Waals surface area (Å²) in [6, 6.07) is 8.60. The molecule has 4 nitrogen and oxygen atoms in total. The molecule has 3 rings (SSSR count). The smallest absolute Gasteiger partial charge is 0.129 e. The third-order valence-corrected chi connectivity index (χ3v) is 4.10. The fraction of sp³-hybridized carbons (Fsp3) is 0.353. The maximum atomic E-state index is 14.0. The molecule has 0 radical (unpaired) electrons. The van der Waals surface area contributed by atoms with E-state index in [1.54, 1.807) is 24.7 Å². The minimum absolute atomic E-state index is 0.303. The zero-order chi connectivity index (χ0) is 15.4. The molecular formula is C17H17FN4. The molecule has 5 heteroatoms. The SMILES string of the molecule is N#Cc1ccc(CN2CCC[C@H](c3ccncn3)C2)c(F)c1. The fourth-order valence-electron chi connectivity index (χ4n) is 2.97. The molecule has 0 bridgehead atoms. The Labute approximate surface area is 129 Å². The molecule has 1 aromatic carbocycles. The van der Waals surface area contributed by atoms with Crippen molar-refractivity contribution in [3.63, 3.8) is 0 Å². The zero-order valence-electron chi connectivity index (χ0n) is 12.2. The first kappa shape index (κ1) is 14.6. The first-order chi connectivity index (χ1) is 10.8. The molecule has 0 aliphatic carbocycles. The number of likely N-dealkylation sites (tertiary alicyclic amines) is 1. The second-order valence-electron chi connectivity index (χ2n) is 5.63. The van der Waals surface area contributed by atoms with Crippen LogP contribution in [0.3, 0.4) is 0 Å². The Kier molecular flexibility index (Phi) is 4.40. The van der Waals surface area contributed by atoms with Crippen LogP contribution in [0.4, 0.5) is 4.39 Å². The molecule has 0 amide bonds. The van der Waals surface area contributed by atoms with Gasteiger partial charge in [-0.15, -0.1) is 0 Å². The van der Waals surface area contributed by atoms with Gasteiger partial charge in [0.1, 0.15) is 12.1 Å². The molecule has 1 aliphatic heterocycles. The molecule has 1 atom stereocenters. The Morgan fingerprint density at radius 1 is 1.36 bits per heavy atom. The molecule has 1 saturated heterocycles. The highest BCUT2D eigenvalue weighted by Gasteiger charge is 2.22. The Morgan fingerprint density at radius 2 is 2.27 bits per heavy atom. The van der Waals surface area contributed by atoms with Gasteiger partial charge in [0.25, 0.3) is 0 Å². The van der Waals surface area contributed by atoms with Crippen molar-refractivity contribution in [2.75, 3.05) is 13.1 Å². The molecule has 2 heterocycles. The molecule has 0 spiro atoms. The van der Waals surface area contributed by atoms with E-state index in [-0.39, 0.29) is 5.82 Å². The summed E-state index contributed by atoms with van der Waals surface area (Å²) < 4.78 is 14.0. The van der Waals surface area contributed by atoms with Crippen LogP contribution in [0, 0.1) is 17.1 Å². The van der Waals surface area contributed by atoms with E-state index in [1.165, 1.54) is 6.07 Å². The average molecular weight is 296 g/mol. The number of aromatic nitrogens is 2. The first-order valence-electron chi connectivity index (χ1n) is 7.43. The van der Waals surface area contributed by atoms with Crippen LogP contribution in [0.1, 0.15) is 35.6 Å². The third kappa shape index (κ3) is 3.29. The van der Waals surface area contributed by atoms with Gasteiger partial charge in [-0.2, -0.15) is 5.26 Å². The van der Waals surface area contributed by atoms with Crippen molar-refractivity contribution < 1.29 is 4.39 Å². The molecule has 1 aromatic heterocycles. The number of nitriles is 1. The Bertz CT molecular complexity index is 681. The monoisotopic (exact) mass is 296 g/mol. The highest BCUT2D eigenvalue weighted by atomic mass is 19.1. The fourth-order valence-corrected chi connectivity index (χ4v) is 2.97. The van der Waals surface area contributed by atoms with Crippen LogP contribution in [0.15, 0.2) is 36.8 Å². The number of piperidine rings is 1.